The van der Waals surface area contributed by atoms with Crippen molar-refractivity contribution in [1.29, 1.82) is 0 Å². The Morgan fingerprint density at radius 1 is 1.38 bits per heavy atom. The molecule has 0 aliphatic rings. The van der Waals surface area contributed by atoms with Crippen LogP contribution in [0.15, 0.2) is 24.4 Å². The smallest absolute Gasteiger partial charge is 0.225 e. The number of nitrogens with one attached hydrogen (secondary N) is 1. The van der Waals surface area contributed by atoms with Crippen molar-refractivity contribution in [2.45, 2.75) is 46.5 Å². The number of carbonyl (C=O) groups excluding carboxylic acids is 1. The van der Waals surface area contributed by atoms with E-state index >= 15 is 0 Å². The first-order valence-electron chi connectivity index (χ1n) is 6.04. The van der Waals surface area contributed by atoms with E-state index in [9.17, 15) is 4.79 Å². The average molecular weight is 224 g/mol. The first-order valence-corrected chi connectivity index (χ1v) is 6.04. The predicted octanol–water partition coefficient (Wildman–Crippen LogP) is 3.87. The van der Waals surface area contributed by atoms with Gasteiger partial charge in [-0.05, 0) is 18.6 Å². The topological polar surface area (TPSA) is 42.0 Å². The van der Waals surface area contributed by atoms with Gasteiger partial charge >= 0.3 is 0 Å². The lowest BCUT2D eigenvalue weighted by Crippen LogP contribution is -2.11. The Morgan fingerprint density at radius 2 is 2.12 bits per heavy atom. The third kappa shape index (κ3) is 6.98. The van der Waals surface area contributed by atoms with Crippen LogP contribution in [-0.4, -0.2) is 10.9 Å². The van der Waals surface area contributed by atoms with Crippen LogP contribution in [0, 0.1) is 0 Å². The lowest BCUT2D eigenvalue weighted by Gasteiger charge is -2.02. The monoisotopic (exact) mass is 224 g/mol. The molecule has 92 valence electrons. The van der Waals surface area contributed by atoms with Crippen molar-refractivity contribution in [3.05, 3.63) is 24.4 Å². The number of hydrogen-bond acceptors (Lipinski definition) is 2. The molecule has 3 nitrogen and oxygen atoms in total. The van der Waals surface area contributed by atoms with Crippen molar-refractivity contribution in [2.75, 3.05) is 5.32 Å². The van der Waals surface area contributed by atoms with Crippen LogP contribution in [0.2, 0.25) is 0 Å². The van der Waals surface area contributed by atoms with E-state index in [1.165, 1.54) is 0 Å². The molecule has 0 spiro atoms. The first kappa shape index (κ1) is 14.6. The second kappa shape index (κ2) is 10.1. The number of hydrogen-bond donors (Lipinski definition) is 1. The standard InChI is InChI=1S/C11H16N2O.C2H6.H2/c1-2-3-4-8-11(14)13-10-7-5-6-9-12-10;1-2;/h5-7,9H,2-4,8H2,1H3,(H,12,13,14);1-2H3;1H. The fourth-order valence-electron chi connectivity index (χ4n) is 1.18. The SMILES string of the molecule is CC.CCCCCC(=O)Nc1ccccn1.[HH]. The number of pyridine rings is 1. The van der Waals surface area contributed by atoms with Gasteiger partial charge < -0.3 is 5.32 Å². The molecular formula is C13H24N2O. The Balaban J connectivity index is 0. The maximum Gasteiger partial charge on any atom is 0.225 e. The minimum atomic E-state index is 0. The Hall–Kier alpha value is -1.38. The Labute approximate surface area is 99.8 Å². The summed E-state index contributed by atoms with van der Waals surface area (Å²) < 4.78 is 0. The molecule has 0 fully saturated rings. The zero-order chi connectivity index (χ0) is 12.2. The normalized spacial score (nSPS) is 8.94. The molecule has 0 aliphatic carbocycles. The zero-order valence-corrected chi connectivity index (χ0v) is 10.5. The molecule has 16 heavy (non-hydrogen) atoms. The zero-order valence-electron chi connectivity index (χ0n) is 10.5. The molecular weight excluding hydrogens is 200 g/mol. The van der Waals surface area contributed by atoms with Gasteiger partial charge in [-0.2, -0.15) is 0 Å². The molecule has 0 saturated heterocycles. The maximum atomic E-state index is 11.3. The fraction of sp³-hybridized carbons (Fsp3) is 0.538. The minimum absolute atomic E-state index is 0. The summed E-state index contributed by atoms with van der Waals surface area (Å²) in [6, 6.07) is 5.47. The Kier molecular flexibility index (Phi) is 9.27. The highest BCUT2D eigenvalue weighted by molar-refractivity contribution is 5.89. The molecule has 3 heteroatoms. The van der Waals surface area contributed by atoms with E-state index in [-0.39, 0.29) is 7.33 Å². The lowest BCUT2D eigenvalue weighted by molar-refractivity contribution is -0.116. The molecule has 0 bridgehead atoms. The number of carbonyl (C=O) groups is 1. The molecule has 1 heterocycles. The van der Waals surface area contributed by atoms with Gasteiger partial charge in [0.15, 0.2) is 0 Å². The summed E-state index contributed by atoms with van der Waals surface area (Å²) in [5, 5.41) is 2.75. The van der Waals surface area contributed by atoms with E-state index in [1.807, 2.05) is 26.0 Å². The molecule has 1 amide bonds. The number of amides is 1. The molecule has 0 aliphatic heterocycles. The van der Waals surface area contributed by atoms with Crippen molar-refractivity contribution in [3.63, 3.8) is 0 Å². The summed E-state index contributed by atoms with van der Waals surface area (Å²) in [7, 11) is 0. The predicted molar refractivity (Wildman–Crippen MR) is 70.5 cm³/mol. The van der Waals surface area contributed by atoms with E-state index in [2.05, 4.69) is 17.2 Å². The van der Waals surface area contributed by atoms with Crippen molar-refractivity contribution < 1.29 is 6.22 Å². The maximum absolute atomic E-state index is 11.3. The number of aromatic nitrogens is 1. The van der Waals surface area contributed by atoms with Gasteiger partial charge in [-0.1, -0.05) is 39.7 Å². The van der Waals surface area contributed by atoms with Gasteiger partial charge in [0, 0.05) is 14.0 Å². The van der Waals surface area contributed by atoms with E-state index in [0.717, 1.165) is 19.3 Å². The summed E-state index contributed by atoms with van der Waals surface area (Å²) in [5.41, 5.74) is 0. The molecule has 0 aromatic carbocycles. The summed E-state index contributed by atoms with van der Waals surface area (Å²) in [6.45, 7) is 6.12. The van der Waals surface area contributed by atoms with Gasteiger partial charge in [0.25, 0.3) is 0 Å². The highest BCUT2D eigenvalue weighted by Crippen LogP contribution is 2.03. The highest BCUT2D eigenvalue weighted by atomic mass is 16.1. The third-order valence-corrected chi connectivity index (χ3v) is 1.94. The van der Waals surface area contributed by atoms with Gasteiger partial charge in [0.05, 0.1) is 0 Å². The van der Waals surface area contributed by atoms with E-state index in [4.69, 9.17) is 0 Å². The van der Waals surface area contributed by atoms with E-state index < -0.39 is 0 Å². The highest BCUT2D eigenvalue weighted by Gasteiger charge is 2.01. The van der Waals surface area contributed by atoms with Crippen LogP contribution >= 0.6 is 0 Å². The first-order chi connectivity index (χ1) is 7.83. The van der Waals surface area contributed by atoms with E-state index in [0.29, 0.717) is 12.2 Å². The molecule has 0 saturated carbocycles. The van der Waals surface area contributed by atoms with Crippen LogP contribution in [0.3, 0.4) is 0 Å². The largest absolute Gasteiger partial charge is 0.311 e. The quantitative estimate of drug-likeness (QED) is 0.771. The van der Waals surface area contributed by atoms with Crippen LogP contribution in [0.4, 0.5) is 5.82 Å². The van der Waals surface area contributed by atoms with Crippen LogP contribution in [0.5, 0.6) is 0 Å². The molecule has 0 atom stereocenters. The minimum Gasteiger partial charge on any atom is -0.311 e. The van der Waals surface area contributed by atoms with Crippen LogP contribution in [0.25, 0.3) is 0 Å². The summed E-state index contributed by atoms with van der Waals surface area (Å²) >= 11 is 0. The van der Waals surface area contributed by atoms with E-state index in [1.54, 1.807) is 12.3 Å². The van der Waals surface area contributed by atoms with Gasteiger partial charge in [0.2, 0.25) is 5.91 Å². The average Bonchev–Trinajstić information content (AvgIpc) is 2.33. The van der Waals surface area contributed by atoms with Crippen molar-refractivity contribution in [2.24, 2.45) is 0 Å². The van der Waals surface area contributed by atoms with Crippen molar-refractivity contribution in [3.8, 4) is 0 Å². The summed E-state index contributed by atoms with van der Waals surface area (Å²) in [4.78, 5) is 15.4. The third-order valence-electron chi connectivity index (χ3n) is 1.94. The number of anilines is 1. The second-order valence-corrected chi connectivity index (χ2v) is 3.22. The van der Waals surface area contributed by atoms with Gasteiger partial charge in [-0.15, -0.1) is 0 Å². The van der Waals surface area contributed by atoms with Gasteiger partial charge in [-0.25, -0.2) is 4.98 Å². The van der Waals surface area contributed by atoms with Crippen molar-refractivity contribution in [1.82, 2.24) is 4.98 Å². The fourth-order valence-corrected chi connectivity index (χ4v) is 1.18. The number of rotatable bonds is 5. The molecule has 1 aromatic heterocycles. The Morgan fingerprint density at radius 3 is 2.69 bits per heavy atom. The second-order valence-electron chi connectivity index (χ2n) is 3.22. The van der Waals surface area contributed by atoms with Crippen LogP contribution in [-0.2, 0) is 4.79 Å². The molecule has 1 aromatic rings. The molecule has 1 rings (SSSR count). The van der Waals surface area contributed by atoms with Crippen LogP contribution < -0.4 is 5.32 Å². The lowest BCUT2D eigenvalue weighted by atomic mass is 10.2. The van der Waals surface area contributed by atoms with Gasteiger partial charge in [-0.3, -0.25) is 4.79 Å². The summed E-state index contributed by atoms with van der Waals surface area (Å²) in [6.07, 6.45) is 5.45. The van der Waals surface area contributed by atoms with Gasteiger partial charge in [0.1, 0.15) is 5.82 Å². The van der Waals surface area contributed by atoms with Crippen LogP contribution in [0.1, 0.15) is 47.9 Å². The molecule has 0 unspecified atom stereocenters. The Bertz CT molecular complexity index is 278. The number of nitrogens with zero attached hydrogens (tertiary/aromatic N) is 1. The molecule has 0 radical (unpaired) electrons. The molecule has 1 N–H and O–H groups in total. The summed E-state index contributed by atoms with van der Waals surface area (Å²) in [5.74, 6) is 0.686. The van der Waals surface area contributed by atoms with Crippen molar-refractivity contribution >= 4 is 11.7 Å². The number of unbranched alkanes of at least 4 members (excludes halogenated alkanes) is 2.